The standard InChI is InChI=1S/C12H16Cl4/c13-7-11-4-8-1-9(5-11)3-10(11,2-8)6-12(14,15)16/h8-9H,1-7H2/t8-,9+,10?,11?. The van der Waals surface area contributed by atoms with Crippen molar-refractivity contribution in [3.63, 3.8) is 0 Å². The predicted molar refractivity (Wildman–Crippen MR) is 70.6 cm³/mol. The third kappa shape index (κ3) is 1.63. The lowest BCUT2D eigenvalue weighted by Gasteiger charge is -2.41. The zero-order chi connectivity index (χ0) is 11.6. The smallest absolute Gasteiger partial charge is 0.126 e. The Kier molecular flexibility index (Phi) is 2.74. The average Bonchev–Trinajstić information content (AvgIpc) is 2.43. The van der Waals surface area contributed by atoms with Crippen LogP contribution in [0.3, 0.4) is 0 Å². The first-order chi connectivity index (χ1) is 7.38. The molecule has 4 atom stereocenters. The average molecular weight is 302 g/mol. The van der Waals surface area contributed by atoms with Gasteiger partial charge in [-0.25, -0.2) is 0 Å². The number of halogens is 4. The SMILES string of the molecule is ClCC12C[C@H]3C[C@@H](C1)CC2(CC(Cl)(Cl)Cl)C3. The van der Waals surface area contributed by atoms with E-state index in [9.17, 15) is 0 Å². The summed E-state index contributed by atoms with van der Waals surface area (Å²) in [5.74, 6) is 2.44. The summed E-state index contributed by atoms with van der Waals surface area (Å²) in [4.78, 5) is 0. The van der Waals surface area contributed by atoms with Gasteiger partial charge in [0, 0.05) is 12.3 Å². The fourth-order valence-corrected chi connectivity index (χ4v) is 6.43. The quantitative estimate of drug-likeness (QED) is 0.616. The van der Waals surface area contributed by atoms with Gasteiger partial charge < -0.3 is 0 Å². The molecule has 2 unspecified atom stereocenters. The molecule has 0 heterocycles. The van der Waals surface area contributed by atoms with Gasteiger partial charge in [-0.15, -0.1) is 11.6 Å². The van der Waals surface area contributed by atoms with E-state index in [1.807, 2.05) is 0 Å². The van der Waals surface area contributed by atoms with Crippen molar-refractivity contribution in [1.29, 1.82) is 0 Å². The minimum Gasteiger partial charge on any atom is -0.126 e. The van der Waals surface area contributed by atoms with Crippen molar-refractivity contribution in [3.8, 4) is 0 Å². The zero-order valence-electron chi connectivity index (χ0n) is 9.12. The monoisotopic (exact) mass is 300 g/mol. The Bertz CT molecular complexity index is 293. The van der Waals surface area contributed by atoms with E-state index in [0.717, 1.165) is 17.7 Å². The van der Waals surface area contributed by atoms with Crippen LogP contribution in [0.5, 0.6) is 0 Å². The van der Waals surface area contributed by atoms with Crippen LogP contribution in [0.15, 0.2) is 0 Å². The molecule has 0 aromatic carbocycles. The van der Waals surface area contributed by atoms with Gasteiger partial charge in [-0.3, -0.25) is 0 Å². The molecule has 0 aromatic rings. The molecule has 4 saturated carbocycles. The Hall–Kier alpha value is 1.16. The largest absolute Gasteiger partial charge is 0.191 e. The van der Waals surface area contributed by atoms with Crippen LogP contribution in [-0.4, -0.2) is 9.67 Å². The van der Waals surface area contributed by atoms with Crippen molar-refractivity contribution < 1.29 is 0 Å². The molecular formula is C12H16Cl4. The summed E-state index contributed by atoms with van der Waals surface area (Å²) in [5.41, 5.74) is 0.514. The van der Waals surface area contributed by atoms with E-state index in [-0.39, 0.29) is 10.8 Å². The number of alkyl halides is 4. The summed E-state index contributed by atoms with van der Waals surface area (Å²) in [6.45, 7) is 0. The van der Waals surface area contributed by atoms with Gasteiger partial charge in [0.1, 0.15) is 0 Å². The Labute approximate surface area is 117 Å². The molecule has 4 bridgehead atoms. The molecule has 0 saturated heterocycles. The van der Waals surface area contributed by atoms with Crippen molar-refractivity contribution in [2.75, 3.05) is 5.88 Å². The van der Waals surface area contributed by atoms with Crippen LogP contribution < -0.4 is 0 Å². The topological polar surface area (TPSA) is 0 Å². The van der Waals surface area contributed by atoms with Gasteiger partial charge in [0.2, 0.25) is 0 Å². The van der Waals surface area contributed by atoms with E-state index in [4.69, 9.17) is 46.4 Å². The fraction of sp³-hybridized carbons (Fsp3) is 1.00. The van der Waals surface area contributed by atoms with Gasteiger partial charge in [-0.1, -0.05) is 34.8 Å². The van der Waals surface area contributed by atoms with Crippen molar-refractivity contribution >= 4 is 46.4 Å². The third-order valence-electron chi connectivity index (χ3n) is 5.30. The lowest BCUT2D eigenvalue weighted by atomic mass is 9.67. The maximum Gasteiger partial charge on any atom is 0.191 e. The van der Waals surface area contributed by atoms with Crippen LogP contribution in [-0.2, 0) is 0 Å². The highest BCUT2D eigenvalue weighted by atomic mass is 35.6. The first-order valence-electron chi connectivity index (χ1n) is 6.01. The van der Waals surface area contributed by atoms with Crippen LogP contribution >= 0.6 is 46.4 Å². The van der Waals surface area contributed by atoms with E-state index >= 15 is 0 Å². The number of hydrogen-bond donors (Lipinski definition) is 0. The van der Waals surface area contributed by atoms with Crippen LogP contribution in [0.2, 0.25) is 0 Å². The lowest BCUT2D eigenvalue weighted by Crippen LogP contribution is -2.37. The zero-order valence-corrected chi connectivity index (χ0v) is 12.1. The van der Waals surface area contributed by atoms with Gasteiger partial charge in [0.15, 0.2) is 3.79 Å². The third-order valence-corrected chi connectivity index (χ3v) is 6.22. The second-order valence-corrected chi connectivity index (χ2v) is 9.05. The predicted octanol–water partition coefficient (Wildman–Crippen LogP) is 5.18. The Morgan fingerprint density at radius 2 is 1.44 bits per heavy atom. The minimum atomic E-state index is -1.11. The molecule has 4 rings (SSSR count). The van der Waals surface area contributed by atoms with Crippen molar-refractivity contribution in [1.82, 2.24) is 0 Å². The minimum absolute atomic E-state index is 0.230. The van der Waals surface area contributed by atoms with Crippen molar-refractivity contribution in [3.05, 3.63) is 0 Å². The molecule has 16 heavy (non-hydrogen) atoms. The second-order valence-electron chi connectivity index (χ2n) is 6.27. The van der Waals surface area contributed by atoms with Gasteiger partial charge in [0.05, 0.1) is 0 Å². The normalized spacial score (nSPS) is 50.2. The van der Waals surface area contributed by atoms with Crippen molar-refractivity contribution in [2.24, 2.45) is 22.7 Å². The van der Waals surface area contributed by atoms with Crippen LogP contribution in [0.4, 0.5) is 0 Å². The van der Waals surface area contributed by atoms with Crippen LogP contribution in [0.1, 0.15) is 38.5 Å². The first kappa shape index (κ1) is 12.2. The molecule has 0 aliphatic heterocycles. The molecule has 0 amide bonds. The summed E-state index contributed by atoms with van der Waals surface area (Å²) in [7, 11) is 0. The molecule has 4 aliphatic rings. The van der Waals surface area contributed by atoms with Gasteiger partial charge in [-0.2, -0.15) is 0 Å². The molecule has 0 spiro atoms. The van der Waals surface area contributed by atoms with Gasteiger partial charge >= 0.3 is 0 Å². The molecule has 0 N–H and O–H groups in total. The maximum absolute atomic E-state index is 6.27. The maximum atomic E-state index is 6.27. The Morgan fingerprint density at radius 1 is 0.938 bits per heavy atom. The van der Waals surface area contributed by atoms with E-state index in [1.54, 1.807) is 0 Å². The van der Waals surface area contributed by atoms with E-state index in [1.165, 1.54) is 32.1 Å². The second kappa shape index (κ2) is 3.59. The fourth-order valence-electron chi connectivity index (χ4n) is 5.16. The van der Waals surface area contributed by atoms with Crippen LogP contribution in [0, 0.1) is 22.7 Å². The van der Waals surface area contributed by atoms with Gasteiger partial charge in [0.25, 0.3) is 0 Å². The molecular weight excluding hydrogens is 286 g/mol. The molecule has 4 fully saturated rings. The molecule has 0 nitrogen and oxygen atoms in total. The highest BCUT2D eigenvalue weighted by Gasteiger charge is 2.67. The summed E-state index contributed by atoms with van der Waals surface area (Å²) in [6.07, 6.45) is 7.11. The van der Waals surface area contributed by atoms with E-state index < -0.39 is 3.79 Å². The summed E-state index contributed by atoms with van der Waals surface area (Å²) < 4.78 is -1.11. The lowest BCUT2D eigenvalue weighted by molar-refractivity contribution is 0.124. The number of rotatable bonds is 2. The molecule has 0 radical (unpaired) electrons. The van der Waals surface area contributed by atoms with Crippen molar-refractivity contribution in [2.45, 2.75) is 42.3 Å². The number of hydrogen-bond acceptors (Lipinski definition) is 0. The molecule has 0 aromatic heterocycles. The van der Waals surface area contributed by atoms with Gasteiger partial charge in [-0.05, 0) is 54.8 Å². The molecule has 4 heteroatoms. The van der Waals surface area contributed by atoms with Crippen LogP contribution in [0.25, 0.3) is 0 Å². The molecule has 4 aliphatic carbocycles. The highest BCUT2D eigenvalue weighted by Crippen LogP contribution is 2.75. The Morgan fingerprint density at radius 3 is 1.88 bits per heavy atom. The first-order valence-corrected chi connectivity index (χ1v) is 7.68. The summed E-state index contributed by atoms with van der Waals surface area (Å²) in [5, 5.41) is 0. The Balaban J connectivity index is 1.94. The van der Waals surface area contributed by atoms with E-state index in [2.05, 4.69) is 0 Å². The van der Waals surface area contributed by atoms with E-state index in [0.29, 0.717) is 6.42 Å². The summed E-state index contributed by atoms with van der Waals surface area (Å²) >= 11 is 24.4. The highest BCUT2D eigenvalue weighted by molar-refractivity contribution is 6.67. The summed E-state index contributed by atoms with van der Waals surface area (Å²) in [6, 6.07) is 0. The molecule has 92 valence electrons.